The van der Waals surface area contributed by atoms with Crippen LogP contribution in [0.5, 0.6) is 5.75 Å². The zero-order valence-corrected chi connectivity index (χ0v) is 29.1. The highest BCUT2D eigenvalue weighted by atomic mass is 16.5. The summed E-state index contributed by atoms with van der Waals surface area (Å²) in [6.45, 7) is 8.05. The first kappa shape index (κ1) is 31.7. The van der Waals surface area contributed by atoms with E-state index in [9.17, 15) is 0 Å². The largest absolute Gasteiger partial charge is 0.464 e. The molecule has 4 heteroatoms. The van der Waals surface area contributed by atoms with Crippen molar-refractivity contribution in [3.63, 3.8) is 0 Å². The van der Waals surface area contributed by atoms with E-state index in [2.05, 4.69) is 128 Å². The molecule has 3 aliphatic carbocycles. The smallest absolute Gasteiger partial charge is 0.196 e. The van der Waals surface area contributed by atoms with E-state index in [1.54, 1.807) is 6.08 Å². The molecule has 2 heterocycles. The number of nitrogens with one attached hydrogen (secondary N) is 1. The van der Waals surface area contributed by atoms with Gasteiger partial charge in [-0.2, -0.15) is 0 Å². The Morgan fingerprint density at radius 3 is 2.23 bits per heavy atom. The molecule has 0 amide bonds. The molecule has 2 unspecified atom stereocenters. The van der Waals surface area contributed by atoms with Crippen LogP contribution in [0.3, 0.4) is 0 Å². The van der Waals surface area contributed by atoms with Crippen LogP contribution in [0.25, 0.3) is 28.2 Å². The first-order chi connectivity index (χ1) is 25.6. The molecule has 5 aromatic rings. The zero-order valence-electron chi connectivity index (χ0n) is 29.1. The summed E-state index contributed by atoms with van der Waals surface area (Å²) in [6.07, 6.45) is 16.4. The maximum atomic E-state index is 6.35. The van der Waals surface area contributed by atoms with Gasteiger partial charge in [-0.25, -0.2) is 9.97 Å². The fraction of sp³-hybridized carbons (Fsp3) is 0.125. The lowest BCUT2D eigenvalue weighted by Crippen LogP contribution is -2.31. The van der Waals surface area contributed by atoms with E-state index < -0.39 is 5.41 Å². The Morgan fingerprint density at radius 2 is 1.46 bits per heavy atom. The summed E-state index contributed by atoms with van der Waals surface area (Å²) in [5.41, 5.74) is 14.6. The third-order valence-electron chi connectivity index (χ3n) is 10.7. The van der Waals surface area contributed by atoms with Gasteiger partial charge in [-0.3, -0.25) is 0 Å². The maximum Gasteiger partial charge on any atom is 0.196 e. The third kappa shape index (κ3) is 5.30. The standard InChI is InChI=1S/C48H39N3O/c1-3-4-16-32(2)47-51-44-30-37(26-28-45(44)52-47)48(36-21-12-7-13-22-36)40-24-15-14-23-38(40)39-27-25-35(29-41(39)48)43-31-42(33-17-8-5-9-18-33)49-46(50-43)34-19-10-6-11-20-34/h3-13,15-22,24,26,28-31,47,51H,1-2,14,23,25,27H2/b16-4-. The topological polar surface area (TPSA) is 47.0 Å². The van der Waals surface area contributed by atoms with Gasteiger partial charge in [0.1, 0.15) is 5.75 Å². The van der Waals surface area contributed by atoms with Gasteiger partial charge < -0.3 is 10.1 Å². The summed E-state index contributed by atoms with van der Waals surface area (Å²) in [5.74, 6) is 1.57. The Bertz CT molecular complexity index is 2320. The number of nitrogens with zero attached hydrogens (tertiary/aromatic N) is 2. The number of allylic oxidation sites excluding steroid dienone is 10. The first-order valence-corrected chi connectivity index (χ1v) is 18.1. The second-order valence-electron chi connectivity index (χ2n) is 13.7. The SMILES string of the molecule is C=C/C=C\C(=C)C1Nc2cc(C3(c4ccccc4)C4=C(CCC=C4)C4=C3C=C(c3cc(-c5ccccc5)nc(-c5ccccc5)n3)CC4)ccc2O1. The summed E-state index contributed by atoms with van der Waals surface area (Å²) < 4.78 is 6.35. The molecule has 4 nitrogen and oxygen atoms in total. The minimum atomic E-state index is -0.513. The number of aromatic nitrogens is 2. The average molecular weight is 674 g/mol. The zero-order chi connectivity index (χ0) is 35.1. The second kappa shape index (κ2) is 13.1. The number of benzene rings is 4. The number of fused-ring (bicyclic) bond motifs is 2. The molecule has 52 heavy (non-hydrogen) atoms. The minimum Gasteiger partial charge on any atom is -0.464 e. The van der Waals surface area contributed by atoms with E-state index in [-0.39, 0.29) is 6.23 Å². The van der Waals surface area contributed by atoms with Gasteiger partial charge in [-0.1, -0.05) is 147 Å². The molecule has 0 saturated carbocycles. The number of ether oxygens (including phenoxy) is 1. The minimum absolute atomic E-state index is 0.339. The Hall–Kier alpha value is -6.26. The van der Waals surface area contributed by atoms with Crippen molar-refractivity contribution < 1.29 is 4.74 Å². The van der Waals surface area contributed by atoms with Gasteiger partial charge in [-0.05, 0) is 82.9 Å². The van der Waals surface area contributed by atoms with Crippen molar-refractivity contribution in [2.24, 2.45) is 0 Å². The van der Waals surface area contributed by atoms with E-state index in [0.717, 1.165) is 71.0 Å². The van der Waals surface area contributed by atoms with Crippen molar-refractivity contribution in [3.8, 4) is 28.4 Å². The van der Waals surface area contributed by atoms with Crippen LogP contribution in [-0.2, 0) is 5.41 Å². The molecule has 0 fully saturated rings. The van der Waals surface area contributed by atoms with Crippen LogP contribution < -0.4 is 10.1 Å². The van der Waals surface area contributed by atoms with Gasteiger partial charge in [0.15, 0.2) is 12.1 Å². The second-order valence-corrected chi connectivity index (χ2v) is 13.7. The van der Waals surface area contributed by atoms with E-state index in [4.69, 9.17) is 14.7 Å². The molecular formula is C48H39N3O. The van der Waals surface area contributed by atoms with Gasteiger partial charge in [0.2, 0.25) is 0 Å². The summed E-state index contributed by atoms with van der Waals surface area (Å²) in [4.78, 5) is 10.4. The predicted molar refractivity (Wildman–Crippen MR) is 213 cm³/mol. The van der Waals surface area contributed by atoms with Crippen LogP contribution in [0.4, 0.5) is 5.69 Å². The molecule has 2 atom stereocenters. The normalized spacial score (nSPS) is 20.2. The van der Waals surface area contributed by atoms with Crippen molar-refractivity contribution in [2.45, 2.75) is 37.3 Å². The van der Waals surface area contributed by atoms with E-state index in [1.807, 2.05) is 36.4 Å². The van der Waals surface area contributed by atoms with Crippen LogP contribution in [0.1, 0.15) is 42.5 Å². The van der Waals surface area contributed by atoms with E-state index in [0.29, 0.717) is 0 Å². The van der Waals surface area contributed by atoms with Crippen LogP contribution in [0.2, 0.25) is 0 Å². The van der Waals surface area contributed by atoms with E-state index >= 15 is 0 Å². The highest BCUT2D eigenvalue weighted by Gasteiger charge is 2.49. The van der Waals surface area contributed by atoms with Crippen molar-refractivity contribution in [1.82, 2.24) is 9.97 Å². The van der Waals surface area contributed by atoms with Crippen LogP contribution in [0, 0.1) is 0 Å². The molecule has 4 aromatic carbocycles. The van der Waals surface area contributed by atoms with Crippen LogP contribution in [-0.4, -0.2) is 16.2 Å². The highest BCUT2D eigenvalue weighted by Crippen LogP contribution is 2.60. The van der Waals surface area contributed by atoms with Gasteiger partial charge in [0, 0.05) is 16.7 Å². The number of rotatable bonds is 8. The van der Waals surface area contributed by atoms with Crippen LogP contribution >= 0.6 is 0 Å². The number of anilines is 1. The third-order valence-corrected chi connectivity index (χ3v) is 10.7. The Kier molecular flexibility index (Phi) is 8.01. The fourth-order valence-electron chi connectivity index (χ4n) is 8.34. The van der Waals surface area contributed by atoms with Gasteiger partial charge in [-0.15, -0.1) is 0 Å². The maximum absolute atomic E-state index is 6.35. The van der Waals surface area contributed by atoms with Gasteiger partial charge in [0.05, 0.1) is 22.5 Å². The van der Waals surface area contributed by atoms with Crippen molar-refractivity contribution in [3.05, 3.63) is 210 Å². The fourth-order valence-corrected chi connectivity index (χ4v) is 8.34. The highest BCUT2D eigenvalue weighted by molar-refractivity contribution is 5.82. The molecule has 9 rings (SSSR count). The lowest BCUT2D eigenvalue weighted by Gasteiger charge is -2.37. The van der Waals surface area contributed by atoms with Crippen molar-refractivity contribution >= 4 is 11.3 Å². The molecule has 0 saturated heterocycles. The average Bonchev–Trinajstić information content (AvgIpc) is 3.78. The molecule has 4 aliphatic rings. The molecule has 1 N–H and O–H groups in total. The van der Waals surface area contributed by atoms with Crippen molar-refractivity contribution in [1.29, 1.82) is 0 Å². The molecule has 0 bridgehead atoms. The summed E-state index contributed by atoms with van der Waals surface area (Å²) in [5, 5.41) is 3.61. The lowest BCUT2D eigenvalue weighted by molar-refractivity contribution is 0.294. The first-order valence-electron chi connectivity index (χ1n) is 18.1. The molecule has 0 spiro atoms. The number of hydrogen-bond acceptors (Lipinski definition) is 4. The Morgan fingerprint density at radius 1 is 0.750 bits per heavy atom. The molecular weight excluding hydrogens is 635 g/mol. The quantitative estimate of drug-likeness (QED) is 0.167. The Balaban J connectivity index is 1.23. The van der Waals surface area contributed by atoms with Gasteiger partial charge in [0.25, 0.3) is 0 Å². The van der Waals surface area contributed by atoms with Crippen molar-refractivity contribution in [2.75, 3.05) is 5.32 Å². The summed E-state index contributed by atoms with van der Waals surface area (Å²) in [6, 6.07) is 40.6. The lowest BCUT2D eigenvalue weighted by atomic mass is 9.64. The number of hydrogen-bond donors (Lipinski definition) is 1. The monoisotopic (exact) mass is 673 g/mol. The van der Waals surface area contributed by atoms with Gasteiger partial charge >= 0.3 is 0 Å². The van der Waals surface area contributed by atoms with E-state index in [1.165, 1.54) is 39.0 Å². The molecule has 252 valence electrons. The van der Waals surface area contributed by atoms with Crippen LogP contribution in [0.15, 0.2) is 193 Å². The molecule has 1 aliphatic heterocycles. The summed E-state index contributed by atoms with van der Waals surface area (Å²) >= 11 is 0. The predicted octanol–water partition coefficient (Wildman–Crippen LogP) is 11.4. The Labute approximate surface area is 305 Å². The summed E-state index contributed by atoms with van der Waals surface area (Å²) in [7, 11) is 0. The molecule has 0 radical (unpaired) electrons. The molecule has 1 aromatic heterocycles.